The van der Waals surface area contributed by atoms with Crippen LogP contribution in [0.25, 0.3) is 27.4 Å². The summed E-state index contributed by atoms with van der Waals surface area (Å²) in [5, 5.41) is 6.97. The molecule has 1 aromatic carbocycles. The second kappa shape index (κ2) is 6.64. The molecular formula is C19H18N4OS. The molecule has 126 valence electrons. The highest BCUT2D eigenvalue weighted by Crippen LogP contribution is 2.24. The Balaban J connectivity index is 1.99. The molecule has 0 aliphatic rings. The predicted molar refractivity (Wildman–Crippen MR) is 101 cm³/mol. The maximum Gasteiger partial charge on any atom is 0.264 e. The zero-order chi connectivity index (χ0) is 17.2. The molecular weight excluding hydrogens is 332 g/mol. The first-order valence-electron chi connectivity index (χ1n) is 8.37. The molecule has 0 saturated carbocycles. The summed E-state index contributed by atoms with van der Waals surface area (Å²) in [6.07, 6.45) is 3.59. The Morgan fingerprint density at radius 3 is 2.68 bits per heavy atom. The largest absolute Gasteiger partial charge is 0.291 e. The molecule has 0 radical (unpaired) electrons. The van der Waals surface area contributed by atoms with Crippen molar-refractivity contribution in [3.05, 3.63) is 64.4 Å². The average molecular weight is 350 g/mol. The van der Waals surface area contributed by atoms with Gasteiger partial charge in [-0.1, -0.05) is 37.6 Å². The molecule has 0 atom stereocenters. The molecule has 6 heteroatoms. The Morgan fingerprint density at radius 2 is 1.96 bits per heavy atom. The summed E-state index contributed by atoms with van der Waals surface area (Å²) in [4.78, 5) is 18.9. The monoisotopic (exact) mass is 350 g/mol. The van der Waals surface area contributed by atoms with E-state index in [1.165, 1.54) is 0 Å². The van der Waals surface area contributed by atoms with Gasteiger partial charge in [-0.2, -0.15) is 5.10 Å². The number of thiophene rings is 1. The quantitative estimate of drug-likeness (QED) is 0.544. The fourth-order valence-electron chi connectivity index (χ4n) is 2.88. The Labute approximate surface area is 149 Å². The number of nitrogens with zero attached hydrogens (tertiary/aromatic N) is 4. The highest BCUT2D eigenvalue weighted by molar-refractivity contribution is 7.13. The number of aromatic nitrogens is 4. The zero-order valence-corrected chi connectivity index (χ0v) is 14.7. The number of hydrogen-bond acceptors (Lipinski definition) is 4. The van der Waals surface area contributed by atoms with Gasteiger partial charge in [-0.25, -0.2) is 9.67 Å². The zero-order valence-electron chi connectivity index (χ0n) is 13.9. The minimum Gasteiger partial charge on any atom is -0.291 e. The number of para-hydroxylation sites is 1. The molecule has 0 N–H and O–H groups in total. The summed E-state index contributed by atoms with van der Waals surface area (Å²) in [7, 11) is 0. The van der Waals surface area contributed by atoms with Crippen LogP contribution in [0.1, 0.15) is 19.8 Å². The van der Waals surface area contributed by atoms with Crippen LogP contribution in [0.5, 0.6) is 0 Å². The SMILES string of the molecule is CCCCn1c(-c2cccs2)nc2c(cnn2-c2ccccc2)c1=O. The van der Waals surface area contributed by atoms with E-state index in [0.29, 0.717) is 17.6 Å². The van der Waals surface area contributed by atoms with Gasteiger partial charge in [-0.05, 0) is 30.0 Å². The third kappa shape index (κ3) is 2.78. The molecule has 5 nitrogen and oxygen atoms in total. The molecule has 0 aliphatic heterocycles. The van der Waals surface area contributed by atoms with Gasteiger partial charge >= 0.3 is 0 Å². The van der Waals surface area contributed by atoms with Crippen molar-refractivity contribution in [3.8, 4) is 16.4 Å². The molecule has 4 rings (SSSR count). The van der Waals surface area contributed by atoms with E-state index in [-0.39, 0.29) is 5.56 Å². The molecule has 0 bridgehead atoms. The maximum absolute atomic E-state index is 13.1. The number of unbranched alkanes of at least 4 members (excludes halogenated alkanes) is 1. The summed E-state index contributed by atoms with van der Waals surface area (Å²) in [5.41, 5.74) is 1.48. The lowest BCUT2D eigenvalue weighted by Gasteiger charge is -2.11. The van der Waals surface area contributed by atoms with Crippen molar-refractivity contribution in [2.75, 3.05) is 0 Å². The number of hydrogen-bond donors (Lipinski definition) is 0. The fraction of sp³-hybridized carbons (Fsp3) is 0.211. The average Bonchev–Trinajstić information content (AvgIpc) is 3.31. The predicted octanol–water partition coefficient (Wildman–Crippen LogP) is 4.11. The normalized spacial score (nSPS) is 11.2. The molecule has 0 unspecified atom stereocenters. The Kier molecular flexibility index (Phi) is 4.19. The second-order valence-corrected chi connectivity index (χ2v) is 6.80. The maximum atomic E-state index is 13.1. The van der Waals surface area contributed by atoms with Crippen LogP contribution in [-0.4, -0.2) is 19.3 Å². The van der Waals surface area contributed by atoms with Crippen molar-refractivity contribution >= 4 is 22.4 Å². The van der Waals surface area contributed by atoms with Gasteiger partial charge in [0.2, 0.25) is 0 Å². The summed E-state index contributed by atoms with van der Waals surface area (Å²) in [6, 6.07) is 13.8. The summed E-state index contributed by atoms with van der Waals surface area (Å²) >= 11 is 1.59. The van der Waals surface area contributed by atoms with E-state index in [4.69, 9.17) is 4.98 Å². The molecule has 4 aromatic rings. The topological polar surface area (TPSA) is 52.7 Å². The molecule has 0 spiro atoms. The Bertz CT molecular complexity index is 1050. The van der Waals surface area contributed by atoms with Gasteiger partial charge in [-0.3, -0.25) is 9.36 Å². The highest BCUT2D eigenvalue weighted by Gasteiger charge is 2.17. The third-order valence-electron chi connectivity index (χ3n) is 4.16. The number of rotatable bonds is 5. The van der Waals surface area contributed by atoms with Crippen molar-refractivity contribution in [2.45, 2.75) is 26.3 Å². The van der Waals surface area contributed by atoms with Crippen molar-refractivity contribution in [3.63, 3.8) is 0 Å². The first kappa shape index (κ1) is 15.8. The Hall–Kier alpha value is -2.73. The fourth-order valence-corrected chi connectivity index (χ4v) is 3.60. The van der Waals surface area contributed by atoms with E-state index in [2.05, 4.69) is 12.0 Å². The van der Waals surface area contributed by atoms with E-state index in [1.807, 2.05) is 47.8 Å². The van der Waals surface area contributed by atoms with E-state index < -0.39 is 0 Å². The van der Waals surface area contributed by atoms with Crippen LogP contribution in [0.3, 0.4) is 0 Å². The Morgan fingerprint density at radius 1 is 1.12 bits per heavy atom. The lowest BCUT2D eigenvalue weighted by Crippen LogP contribution is -2.23. The van der Waals surface area contributed by atoms with Gasteiger partial charge in [0.25, 0.3) is 5.56 Å². The summed E-state index contributed by atoms with van der Waals surface area (Å²) in [5.74, 6) is 0.721. The molecule has 0 saturated heterocycles. The van der Waals surface area contributed by atoms with Crippen LogP contribution < -0.4 is 5.56 Å². The van der Waals surface area contributed by atoms with Crippen LogP contribution >= 0.6 is 11.3 Å². The second-order valence-electron chi connectivity index (χ2n) is 5.85. The van der Waals surface area contributed by atoms with Crippen LogP contribution in [0.2, 0.25) is 0 Å². The summed E-state index contributed by atoms with van der Waals surface area (Å²) < 4.78 is 3.52. The number of benzene rings is 1. The van der Waals surface area contributed by atoms with E-state index in [0.717, 1.165) is 29.2 Å². The van der Waals surface area contributed by atoms with Crippen molar-refractivity contribution in [1.82, 2.24) is 19.3 Å². The molecule has 3 aromatic heterocycles. The first-order valence-corrected chi connectivity index (χ1v) is 9.25. The van der Waals surface area contributed by atoms with Crippen LogP contribution in [0.4, 0.5) is 0 Å². The molecule has 3 heterocycles. The van der Waals surface area contributed by atoms with Crippen LogP contribution in [-0.2, 0) is 6.54 Å². The van der Waals surface area contributed by atoms with E-state index in [1.54, 1.807) is 26.8 Å². The van der Waals surface area contributed by atoms with E-state index in [9.17, 15) is 4.79 Å². The van der Waals surface area contributed by atoms with E-state index >= 15 is 0 Å². The van der Waals surface area contributed by atoms with Gasteiger partial charge in [-0.15, -0.1) is 11.3 Å². The molecule has 0 aliphatic carbocycles. The van der Waals surface area contributed by atoms with Crippen LogP contribution in [0.15, 0.2) is 58.8 Å². The summed E-state index contributed by atoms with van der Waals surface area (Å²) in [6.45, 7) is 2.79. The minimum atomic E-state index is -0.0240. The van der Waals surface area contributed by atoms with Crippen molar-refractivity contribution in [2.24, 2.45) is 0 Å². The van der Waals surface area contributed by atoms with Gasteiger partial charge in [0.15, 0.2) is 11.5 Å². The molecule has 0 amide bonds. The van der Waals surface area contributed by atoms with Gasteiger partial charge in [0.05, 0.1) is 16.8 Å². The van der Waals surface area contributed by atoms with Crippen molar-refractivity contribution in [1.29, 1.82) is 0 Å². The lowest BCUT2D eigenvalue weighted by atomic mass is 10.3. The lowest BCUT2D eigenvalue weighted by molar-refractivity contribution is 0.615. The van der Waals surface area contributed by atoms with Crippen molar-refractivity contribution < 1.29 is 0 Å². The van der Waals surface area contributed by atoms with Gasteiger partial charge < -0.3 is 0 Å². The minimum absolute atomic E-state index is 0.0240. The molecule has 25 heavy (non-hydrogen) atoms. The first-order chi connectivity index (χ1) is 12.3. The van der Waals surface area contributed by atoms with Gasteiger partial charge in [0, 0.05) is 6.54 Å². The smallest absolute Gasteiger partial charge is 0.264 e. The number of fused-ring (bicyclic) bond motifs is 1. The van der Waals surface area contributed by atoms with Crippen LogP contribution in [0, 0.1) is 0 Å². The third-order valence-corrected chi connectivity index (χ3v) is 5.03. The standard InChI is InChI=1S/C19H18N4OS/c1-2-3-11-22-18(16-10-7-12-25-16)21-17-15(19(22)24)13-20-23(17)14-8-5-4-6-9-14/h4-10,12-13H,2-3,11H2,1H3. The highest BCUT2D eigenvalue weighted by atomic mass is 32.1. The molecule has 0 fully saturated rings. The van der Waals surface area contributed by atoms with Gasteiger partial charge in [0.1, 0.15) is 5.39 Å².